The van der Waals surface area contributed by atoms with Crippen molar-refractivity contribution in [3.8, 4) is 22.5 Å². The molecule has 0 unspecified atom stereocenters. The van der Waals surface area contributed by atoms with E-state index >= 15 is 0 Å². The van der Waals surface area contributed by atoms with E-state index < -0.39 is 48.7 Å². The van der Waals surface area contributed by atoms with Gasteiger partial charge in [0, 0.05) is 20.1 Å². The number of hydrogen-bond acceptors (Lipinski definition) is 10. The topological polar surface area (TPSA) is 183 Å². The highest BCUT2D eigenvalue weighted by atomic mass is 79.9. The van der Waals surface area contributed by atoms with Gasteiger partial charge in [0.2, 0.25) is 0 Å². The molecule has 8 atom stereocenters. The van der Waals surface area contributed by atoms with Gasteiger partial charge in [-0.25, -0.2) is 9.36 Å². The highest BCUT2D eigenvalue weighted by Gasteiger charge is 2.39. The van der Waals surface area contributed by atoms with Crippen LogP contribution in [0.5, 0.6) is 0 Å². The lowest BCUT2D eigenvalue weighted by Crippen LogP contribution is -2.45. The van der Waals surface area contributed by atoms with Crippen molar-refractivity contribution in [2.45, 2.75) is 48.7 Å². The van der Waals surface area contributed by atoms with Crippen LogP contribution in [0.4, 0.5) is 0 Å². The van der Waals surface area contributed by atoms with Gasteiger partial charge in [-0.3, -0.25) is 0 Å². The molecule has 14 heteroatoms. The molecule has 190 valence electrons. The number of aromatic nitrogens is 6. The Morgan fingerprint density at radius 1 is 0.639 bits per heavy atom. The van der Waals surface area contributed by atoms with Crippen LogP contribution in [-0.4, -0.2) is 97.3 Å². The molecule has 0 saturated heterocycles. The zero-order valence-electron chi connectivity index (χ0n) is 18.4. The van der Waals surface area contributed by atoms with E-state index in [-0.39, 0.29) is 0 Å². The molecule has 1 aromatic carbocycles. The van der Waals surface area contributed by atoms with Crippen LogP contribution in [0.1, 0.15) is 12.1 Å². The molecule has 36 heavy (non-hydrogen) atoms. The van der Waals surface area contributed by atoms with Crippen LogP contribution in [0.15, 0.2) is 57.8 Å². The zero-order chi connectivity index (χ0) is 25.7. The van der Waals surface area contributed by atoms with Crippen molar-refractivity contribution in [3.05, 3.63) is 57.8 Å². The molecule has 5 rings (SSSR count). The van der Waals surface area contributed by atoms with E-state index in [9.17, 15) is 30.6 Å². The first kappa shape index (κ1) is 25.4. The lowest BCUT2D eigenvalue weighted by Gasteiger charge is -2.32. The second kappa shape index (κ2) is 9.87. The maximum absolute atomic E-state index is 10.4. The summed E-state index contributed by atoms with van der Waals surface area (Å²) in [6.45, 7) is 0. The van der Waals surface area contributed by atoms with Crippen molar-refractivity contribution < 1.29 is 30.6 Å². The van der Waals surface area contributed by atoms with Gasteiger partial charge >= 0.3 is 0 Å². The van der Waals surface area contributed by atoms with E-state index in [0.717, 1.165) is 0 Å². The molecule has 0 radical (unpaired) electrons. The number of aliphatic hydroxyl groups is 6. The third-order valence-corrected chi connectivity index (χ3v) is 7.82. The number of hydrogen-bond donors (Lipinski definition) is 6. The van der Waals surface area contributed by atoms with Gasteiger partial charge in [-0.15, -0.1) is 10.2 Å². The van der Waals surface area contributed by atoms with Gasteiger partial charge in [0.05, 0.1) is 12.4 Å². The third kappa shape index (κ3) is 4.48. The second-order valence-electron chi connectivity index (χ2n) is 8.68. The molecule has 0 amide bonds. The fraction of sp³-hybridized carbons (Fsp3) is 0.364. The number of halogens is 2. The Labute approximate surface area is 221 Å². The molecule has 2 heterocycles. The minimum atomic E-state index is -1.38. The lowest BCUT2D eigenvalue weighted by molar-refractivity contribution is -0.0654. The molecule has 2 aromatic heterocycles. The van der Waals surface area contributed by atoms with Gasteiger partial charge in [-0.1, -0.05) is 60.5 Å². The molecule has 3 aromatic rings. The van der Waals surface area contributed by atoms with Crippen LogP contribution < -0.4 is 0 Å². The quantitative estimate of drug-likeness (QED) is 0.231. The van der Waals surface area contributed by atoms with Crippen molar-refractivity contribution in [2.75, 3.05) is 0 Å². The maximum Gasteiger partial charge on any atom is 0.114 e. The first-order valence-electron chi connectivity index (χ1n) is 10.9. The maximum atomic E-state index is 10.4. The third-order valence-electron chi connectivity index (χ3n) is 6.36. The Kier molecular flexibility index (Phi) is 6.95. The molecule has 2 aliphatic rings. The number of rotatable bonds is 4. The highest BCUT2D eigenvalue weighted by Crippen LogP contribution is 2.33. The van der Waals surface area contributed by atoms with E-state index in [1.807, 2.05) is 18.2 Å². The van der Waals surface area contributed by atoms with Crippen LogP contribution in [-0.2, 0) is 0 Å². The SMILES string of the molecule is O[C@H]1[C@H](O)[C@@H](n2cc(-c3cccc(-c4cn([C@H]5C=C(Br)[C@@H](O)[C@@H](O)[C@@H]5O)nn4)c3)nn2)C=C(Br)[C@H]1O. The summed E-state index contributed by atoms with van der Waals surface area (Å²) in [5.41, 5.74) is 2.43. The van der Waals surface area contributed by atoms with Crippen LogP contribution in [0.2, 0.25) is 0 Å². The van der Waals surface area contributed by atoms with Crippen molar-refractivity contribution in [2.24, 2.45) is 0 Å². The summed E-state index contributed by atoms with van der Waals surface area (Å²) in [6.07, 6.45) is -1.37. The highest BCUT2D eigenvalue weighted by molar-refractivity contribution is 9.12. The van der Waals surface area contributed by atoms with Crippen molar-refractivity contribution in [3.63, 3.8) is 0 Å². The summed E-state index contributed by atoms with van der Waals surface area (Å²) in [4.78, 5) is 0. The lowest BCUT2D eigenvalue weighted by atomic mass is 9.94. The molecule has 0 fully saturated rings. The second-order valence-corrected chi connectivity index (χ2v) is 10.5. The molecule has 0 bridgehead atoms. The normalized spacial score (nSPS) is 32.8. The molecular formula is C22H22Br2N6O6. The van der Waals surface area contributed by atoms with Crippen molar-refractivity contribution in [1.29, 1.82) is 0 Å². The van der Waals surface area contributed by atoms with E-state index in [1.165, 1.54) is 9.36 Å². The molecule has 0 spiro atoms. The smallest absolute Gasteiger partial charge is 0.114 e. The van der Waals surface area contributed by atoms with E-state index in [0.29, 0.717) is 31.5 Å². The van der Waals surface area contributed by atoms with Crippen LogP contribution in [0.3, 0.4) is 0 Å². The predicted octanol–water partition coefficient (Wildman–Crippen LogP) is 0.0360. The first-order chi connectivity index (χ1) is 17.2. The van der Waals surface area contributed by atoms with Crippen molar-refractivity contribution >= 4 is 31.9 Å². The van der Waals surface area contributed by atoms with Gasteiger partial charge in [0.25, 0.3) is 0 Å². The number of aliphatic hydroxyl groups excluding tert-OH is 6. The summed E-state index contributed by atoms with van der Waals surface area (Å²) >= 11 is 6.41. The first-order valence-corrected chi connectivity index (χ1v) is 12.5. The van der Waals surface area contributed by atoms with E-state index in [2.05, 4.69) is 52.5 Å². The summed E-state index contributed by atoms with van der Waals surface area (Å²) in [5, 5.41) is 77.4. The molecule has 0 aliphatic heterocycles. The fourth-order valence-corrected chi connectivity index (χ4v) is 5.32. The van der Waals surface area contributed by atoms with Gasteiger partial charge in [-0.05, 0) is 18.2 Å². The van der Waals surface area contributed by atoms with Crippen molar-refractivity contribution in [1.82, 2.24) is 30.0 Å². The average molecular weight is 626 g/mol. The number of benzene rings is 1. The standard InChI is InChI=1S/C22H22Br2N6O6/c23-11-5-15(19(33)21(35)17(11)31)29-7-13(25-27-29)9-2-1-3-10(4-9)14-8-30(28-26-14)16-6-12(24)18(32)22(36)20(16)34/h1-8,15-22,31-36H/t15-,16-,17+,18+,19+,20+,21+,22+/m0/s1. The monoisotopic (exact) mass is 624 g/mol. The molecular weight excluding hydrogens is 604 g/mol. The Morgan fingerprint density at radius 3 is 1.47 bits per heavy atom. The zero-order valence-corrected chi connectivity index (χ0v) is 21.5. The Balaban J connectivity index is 1.41. The summed E-state index contributed by atoms with van der Waals surface area (Å²) in [5.74, 6) is 0. The Hall–Kier alpha value is -2.30. The fourth-order valence-electron chi connectivity index (χ4n) is 4.24. The average Bonchev–Trinajstić information content (AvgIpc) is 3.56. The Bertz CT molecular complexity index is 1230. The van der Waals surface area contributed by atoms with Crippen LogP contribution in [0, 0.1) is 0 Å². The van der Waals surface area contributed by atoms with Crippen LogP contribution >= 0.6 is 31.9 Å². The van der Waals surface area contributed by atoms with E-state index in [4.69, 9.17) is 0 Å². The minimum absolute atomic E-state index is 0.347. The summed E-state index contributed by atoms with van der Waals surface area (Å²) < 4.78 is 3.51. The molecule has 12 nitrogen and oxygen atoms in total. The van der Waals surface area contributed by atoms with Gasteiger partial charge in [0.15, 0.2) is 0 Å². The summed E-state index contributed by atoms with van der Waals surface area (Å²) in [6, 6.07) is 5.82. The number of nitrogens with zero attached hydrogens (tertiary/aromatic N) is 6. The van der Waals surface area contributed by atoms with Gasteiger partial charge < -0.3 is 30.6 Å². The Morgan fingerprint density at radius 2 is 1.06 bits per heavy atom. The largest absolute Gasteiger partial charge is 0.388 e. The van der Waals surface area contributed by atoms with E-state index in [1.54, 1.807) is 30.6 Å². The predicted molar refractivity (Wildman–Crippen MR) is 133 cm³/mol. The van der Waals surface area contributed by atoms with Crippen LogP contribution in [0.25, 0.3) is 22.5 Å². The van der Waals surface area contributed by atoms with Gasteiger partial charge in [-0.2, -0.15) is 0 Å². The molecule has 2 aliphatic carbocycles. The van der Waals surface area contributed by atoms with Gasteiger partial charge in [0.1, 0.15) is 60.1 Å². The summed E-state index contributed by atoms with van der Waals surface area (Å²) in [7, 11) is 0. The minimum Gasteiger partial charge on any atom is -0.388 e. The molecule has 6 N–H and O–H groups in total. The molecule has 0 saturated carbocycles.